The molecule has 2 N–H and O–H groups in total. The van der Waals surface area contributed by atoms with Gasteiger partial charge in [-0.25, -0.2) is 4.79 Å². The van der Waals surface area contributed by atoms with E-state index in [1.54, 1.807) is 33.1 Å². The van der Waals surface area contributed by atoms with Crippen molar-refractivity contribution in [3.63, 3.8) is 0 Å². The number of esters is 1. The number of aliphatic hydroxyl groups is 2. The molecule has 0 radical (unpaired) electrons. The summed E-state index contributed by atoms with van der Waals surface area (Å²) < 4.78 is 23.1. The van der Waals surface area contributed by atoms with Crippen LogP contribution in [0.5, 0.6) is 17.2 Å². The second-order valence-corrected chi connectivity index (χ2v) is 9.23. The first kappa shape index (κ1) is 25.1. The van der Waals surface area contributed by atoms with E-state index in [-0.39, 0.29) is 19.0 Å². The summed E-state index contributed by atoms with van der Waals surface area (Å²) in [4.78, 5) is 12.4. The number of allylic oxidation sites excluding steroid dienone is 3. The van der Waals surface area contributed by atoms with E-state index < -0.39 is 17.7 Å². The fourth-order valence-corrected chi connectivity index (χ4v) is 4.20. The maximum absolute atomic E-state index is 12.4. The number of fused-ring (bicyclic) bond motifs is 2. The van der Waals surface area contributed by atoms with E-state index in [0.717, 1.165) is 23.1 Å². The Labute approximate surface area is 196 Å². The van der Waals surface area contributed by atoms with Crippen LogP contribution in [-0.4, -0.2) is 48.2 Å². The standard InChI is InChI=1S/C26H36O7/c1-6-31-25(28)21-13-17(10-9-16(2)3)23-20(32-21)15-19-18(24(23)30-5)14-22(33-19)26(4,29)11-7-8-12-27/h10,13,15-16,22,27,29H,6-9,11-12,14H2,1-5H3/b17-10+/t22-,26-/m0/s1. The Hall–Kier alpha value is -2.51. The van der Waals surface area contributed by atoms with Crippen LogP contribution in [0.1, 0.15) is 64.5 Å². The van der Waals surface area contributed by atoms with Gasteiger partial charge in [-0.15, -0.1) is 0 Å². The van der Waals surface area contributed by atoms with Crippen molar-refractivity contribution in [3.05, 3.63) is 35.1 Å². The van der Waals surface area contributed by atoms with Crippen LogP contribution in [0.3, 0.4) is 0 Å². The number of methoxy groups -OCH3 is 1. The number of carbonyl (C=O) groups excluding carboxylic acids is 1. The maximum Gasteiger partial charge on any atom is 0.374 e. The molecule has 33 heavy (non-hydrogen) atoms. The van der Waals surface area contributed by atoms with Crippen molar-refractivity contribution < 1.29 is 34.0 Å². The number of unbranched alkanes of at least 4 members (excludes halogenated alkanes) is 1. The summed E-state index contributed by atoms with van der Waals surface area (Å²) in [6, 6.07) is 1.77. The van der Waals surface area contributed by atoms with Crippen LogP contribution in [0, 0.1) is 5.92 Å². The zero-order chi connectivity index (χ0) is 24.2. The lowest BCUT2D eigenvalue weighted by molar-refractivity contribution is -0.141. The predicted molar refractivity (Wildman–Crippen MR) is 125 cm³/mol. The van der Waals surface area contributed by atoms with Gasteiger partial charge in [-0.05, 0) is 57.1 Å². The molecule has 2 aliphatic heterocycles. The van der Waals surface area contributed by atoms with Crippen molar-refractivity contribution in [1.82, 2.24) is 0 Å². The number of hydrogen-bond donors (Lipinski definition) is 2. The summed E-state index contributed by atoms with van der Waals surface area (Å²) in [5.41, 5.74) is 1.42. The van der Waals surface area contributed by atoms with Crippen LogP contribution in [0.25, 0.3) is 5.57 Å². The Balaban J connectivity index is 2.00. The molecule has 0 aromatic heterocycles. The second kappa shape index (κ2) is 10.6. The minimum atomic E-state index is -1.06. The summed E-state index contributed by atoms with van der Waals surface area (Å²) in [5, 5.41) is 20.1. The number of carbonyl (C=O) groups is 1. The Morgan fingerprint density at radius 3 is 2.73 bits per heavy atom. The number of aliphatic hydroxyl groups excluding tert-OH is 1. The molecule has 2 atom stereocenters. The summed E-state index contributed by atoms with van der Waals surface area (Å²) >= 11 is 0. The van der Waals surface area contributed by atoms with Gasteiger partial charge in [0.25, 0.3) is 0 Å². The summed E-state index contributed by atoms with van der Waals surface area (Å²) in [5.74, 6) is 1.70. The van der Waals surface area contributed by atoms with E-state index in [0.29, 0.717) is 48.8 Å². The Morgan fingerprint density at radius 2 is 2.09 bits per heavy atom. The molecule has 2 aliphatic rings. The molecule has 2 heterocycles. The molecule has 0 bridgehead atoms. The average molecular weight is 461 g/mol. The smallest absolute Gasteiger partial charge is 0.374 e. The average Bonchev–Trinajstić information content (AvgIpc) is 3.20. The number of benzene rings is 1. The molecular formula is C26H36O7. The fraction of sp³-hybridized carbons (Fsp3) is 0.577. The first-order valence-corrected chi connectivity index (χ1v) is 11.7. The van der Waals surface area contributed by atoms with Crippen LogP contribution in [0.15, 0.2) is 24.0 Å². The van der Waals surface area contributed by atoms with E-state index in [1.807, 2.05) is 0 Å². The van der Waals surface area contributed by atoms with E-state index in [1.165, 1.54) is 0 Å². The first-order valence-electron chi connectivity index (χ1n) is 11.7. The maximum atomic E-state index is 12.4. The minimum absolute atomic E-state index is 0.0982. The summed E-state index contributed by atoms with van der Waals surface area (Å²) in [6.07, 6.45) is 6.49. The van der Waals surface area contributed by atoms with Gasteiger partial charge >= 0.3 is 5.97 Å². The highest BCUT2D eigenvalue weighted by atomic mass is 16.6. The molecule has 7 nitrogen and oxygen atoms in total. The van der Waals surface area contributed by atoms with Gasteiger partial charge < -0.3 is 29.2 Å². The Bertz CT molecular complexity index is 927. The second-order valence-electron chi connectivity index (χ2n) is 9.23. The van der Waals surface area contributed by atoms with Gasteiger partial charge in [0.05, 0.1) is 24.9 Å². The molecule has 0 saturated heterocycles. The van der Waals surface area contributed by atoms with E-state index >= 15 is 0 Å². The molecule has 0 unspecified atom stereocenters. The highest BCUT2D eigenvalue weighted by molar-refractivity contribution is 5.95. The molecule has 182 valence electrons. The minimum Gasteiger partial charge on any atom is -0.496 e. The zero-order valence-electron chi connectivity index (χ0n) is 20.3. The first-order chi connectivity index (χ1) is 15.7. The van der Waals surface area contributed by atoms with Crippen LogP contribution < -0.4 is 14.2 Å². The molecule has 0 fully saturated rings. The van der Waals surface area contributed by atoms with Crippen LogP contribution in [0.4, 0.5) is 0 Å². The normalized spacial score (nSPS) is 19.8. The van der Waals surface area contributed by atoms with Gasteiger partial charge in [-0.1, -0.05) is 19.9 Å². The van der Waals surface area contributed by atoms with Gasteiger partial charge in [-0.3, -0.25) is 0 Å². The molecule has 1 aromatic carbocycles. The Kier molecular flexibility index (Phi) is 8.08. The largest absolute Gasteiger partial charge is 0.496 e. The highest BCUT2D eigenvalue weighted by Crippen LogP contribution is 2.50. The van der Waals surface area contributed by atoms with Crippen molar-refractivity contribution in [3.8, 4) is 17.2 Å². The highest BCUT2D eigenvalue weighted by Gasteiger charge is 2.41. The molecule has 0 amide bonds. The third-order valence-electron chi connectivity index (χ3n) is 6.04. The SMILES string of the molecule is CCOC(=O)C1=C/C(=C\CC(C)C)c2c(cc3c(c2OC)C[C@@H]([C@@](C)(O)CCCCO)O3)O1. The van der Waals surface area contributed by atoms with E-state index in [9.17, 15) is 9.90 Å². The zero-order valence-corrected chi connectivity index (χ0v) is 20.3. The number of ether oxygens (including phenoxy) is 4. The molecular weight excluding hydrogens is 424 g/mol. The molecule has 0 aliphatic carbocycles. The van der Waals surface area contributed by atoms with E-state index in [2.05, 4.69) is 19.9 Å². The van der Waals surface area contributed by atoms with Gasteiger partial charge in [0, 0.05) is 24.7 Å². The number of rotatable bonds is 10. The van der Waals surface area contributed by atoms with Crippen LogP contribution >= 0.6 is 0 Å². The lowest BCUT2D eigenvalue weighted by atomic mass is 9.88. The number of hydrogen-bond acceptors (Lipinski definition) is 7. The van der Waals surface area contributed by atoms with Crippen LogP contribution in [-0.2, 0) is 16.0 Å². The van der Waals surface area contributed by atoms with Crippen molar-refractivity contribution in [2.75, 3.05) is 20.3 Å². The molecule has 3 rings (SSSR count). The third-order valence-corrected chi connectivity index (χ3v) is 6.04. The topological polar surface area (TPSA) is 94.5 Å². The lowest BCUT2D eigenvalue weighted by Crippen LogP contribution is -2.42. The molecule has 1 aromatic rings. The molecule has 0 saturated carbocycles. The lowest BCUT2D eigenvalue weighted by Gasteiger charge is -2.29. The van der Waals surface area contributed by atoms with Crippen molar-refractivity contribution in [2.24, 2.45) is 5.92 Å². The monoisotopic (exact) mass is 460 g/mol. The van der Waals surface area contributed by atoms with E-state index in [4.69, 9.17) is 24.1 Å². The van der Waals surface area contributed by atoms with Crippen molar-refractivity contribution in [1.29, 1.82) is 0 Å². The summed E-state index contributed by atoms with van der Waals surface area (Å²) in [7, 11) is 1.60. The van der Waals surface area contributed by atoms with Crippen molar-refractivity contribution >= 4 is 11.5 Å². The van der Waals surface area contributed by atoms with Crippen LogP contribution in [0.2, 0.25) is 0 Å². The summed E-state index contributed by atoms with van der Waals surface area (Å²) in [6.45, 7) is 8.12. The molecule has 0 spiro atoms. The third kappa shape index (κ3) is 5.53. The fourth-order valence-electron chi connectivity index (χ4n) is 4.20. The quantitative estimate of drug-likeness (QED) is 0.399. The predicted octanol–water partition coefficient (Wildman–Crippen LogP) is 4.18. The Morgan fingerprint density at radius 1 is 1.33 bits per heavy atom. The molecule has 7 heteroatoms. The van der Waals surface area contributed by atoms with Gasteiger partial charge in [-0.2, -0.15) is 0 Å². The van der Waals surface area contributed by atoms with Crippen molar-refractivity contribution in [2.45, 2.75) is 71.5 Å². The van der Waals surface area contributed by atoms with Gasteiger partial charge in [0.2, 0.25) is 5.76 Å². The van der Waals surface area contributed by atoms with Gasteiger partial charge in [0.15, 0.2) is 0 Å². The van der Waals surface area contributed by atoms with Gasteiger partial charge in [0.1, 0.15) is 23.4 Å².